The maximum atomic E-state index is 11.7. The summed E-state index contributed by atoms with van der Waals surface area (Å²) in [5, 5.41) is 9.01. The summed E-state index contributed by atoms with van der Waals surface area (Å²) in [5.74, 6) is 0.312. The van der Waals surface area contributed by atoms with E-state index in [4.69, 9.17) is 0 Å². The van der Waals surface area contributed by atoms with Crippen molar-refractivity contribution in [1.29, 1.82) is 0 Å². The minimum absolute atomic E-state index is 0.241. The van der Waals surface area contributed by atoms with Crippen molar-refractivity contribution in [1.82, 2.24) is 15.2 Å². The highest BCUT2D eigenvalue weighted by molar-refractivity contribution is 6.02. The van der Waals surface area contributed by atoms with Crippen molar-refractivity contribution < 1.29 is 4.79 Å². The molecule has 0 saturated carbocycles. The molecule has 2 aromatic heterocycles. The second-order valence-corrected chi connectivity index (χ2v) is 3.60. The second kappa shape index (κ2) is 4.14. The Morgan fingerprint density at radius 3 is 2.81 bits per heavy atom. The first kappa shape index (κ1) is 10.4. The van der Waals surface area contributed by atoms with Gasteiger partial charge in [0.25, 0.3) is 5.91 Å². The fourth-order valence-electron chi connectivity index (χ4n) is 1.47. The van der Waals surface area contributed by atoms with Crippen molar-refractivity contribution in [3.05, 3.63) is 41.3 Å². The van der Waals surface area contributed by atoms with Crippen molar-refractivity contribution in [3.63, 3.8) is 0 Å². The molecule has 2 N–H and O–H groups in total. The number of amides is 1. The summed E-state index contributed by atoms with van der Waals surface area (Å²) in [7, 11) is 0. The number of nitrogens with one attached hydrogen (secondary N) is 2. The van der Waals surface area contributed by atoms with Crippen molar-refractivity contribution >= 4 is 11.7 Å². The van der Waals surface area contributed by atoms with E-state index in [0.717, 1.165) is 11.3 Å². The summed E-state index contributed by atoms with van der Waals surface area (Å²) in [6.45, 7) is 3.85. The maximum Gasteiger partial charge on any atom is 0.274 e. The van der Waals surface area contributed by atoms with Gasteiger partial charge < -0.3 is 5.32 Å². The van der Waals surface area contributed by atoms with Crippen molar-refractivity contribution in [2.45, 2.75) is 13.8 Å². The lowest BCUT2D eigenvalue weighted by atomic mass is 10.2. The van der Waals surface area contributed by atoms with Gasteiger partial charge in [0.2, 0.25) is 0 Å². The number of carbonyl (C=O) groups is 1. The third-order valence-electron chi connectivity index (χ3n) is 2.08. The van der Waals surface area contributed by atoms with Crippen LogP contribution in [0.3, 0.4) is 0 Å². The predicted octanol–water partition coefficient (Wildman–Crippen LogP) is 1.67. The molecule has 16 heavy (non-hydrogen) atoms. The molecule has 0 atom stereocenters. The third-order valence-corrected chi connectivity index (χ3v) is 2.08. The minimum Gasteiger partial charge on any atom is -0.305 e. The first-order chi connectivity index (χ1) is 7.65. The Morgan fingerprint density at radius 1 is 1.38 bits per heavy atom. The van der Waals surface area contributed by atoms with Gasteiger partial charge in [-0.05, 0) is 37.6 Å². The summed E-state index contributed by atoms with van der Waals surface area (Å²) in [5.41, 5.74) is 2.35. The van der Waals surface area contributed by atoms with Gasteiger partial charge in [-0.1, -0.05) is 0 Å². The van der Waals surface area contributed by atoms with E-state index < -0.39 is 0 Å². The number of carbonyl (C=O) groups excluding carboxylic acids is 1. The normalized spacial score (nSPS) is 10.1. The fourth-order valence-corrected chi connectivity index (χ4v) is 1.47. The van der Waals surface area contributed by atoms with E-state index >= 15 is 0 Å². The summed E-state index contributed by atoms with van der Waals surface area (Å²) in [6.07, 6.45) is 1.53. The standard InChI is InChI=1S/C11H12N4O/c1-7-5-8(2)13-10(6-7)14-11(16)9-3-4-12-15-9/h3-6H,1-2H3,(H,12,15)(H,13,14,16). The Bertz CT molecular complexity index is 484. The first-order valence-corrected chi connectivity index (χ1v) is 4.91. The van der Waals surface area contributed by atoms with Crippen LogP contribution in [0.25, 0.3) is 0 Å². The molecular weight excluding hydrogens is 204 g/mol. The number of aromatic nitrogens is 3. The van der Waals surface area contributed by atoms with Crippen molar-refractivity contribution in [3.8, 4) is 0 Å². The largest absolute Gasteiger partial charge is 0.305 e. The SMILES string of the molecule is Cc1cc(C)nc(NC(=O)c2ccn[nH]2)c1. The molecule has 0 saturated heterocycles. The van der Waals surface area contributed by atoms with Gasteiger partial charge in [0.1, 0.15) is 11.5 Å². The molecule has 0 aliphatic heterocycles. The van der Waals surface area contributed by atoms with Crippen LogP contribution in [-0.2, 0) is 0 Å². The molecule has 2 aromatic rings. The molecule has 0 aromatic carbocycles. The number of nitrogens with zero attached hydrogens (tertiary/aromatic N) is 2. The van der Waals surface area contributed by atoms with Crippen LogP contribution < -0.4 is 5.32 Å². The Morgan fingerprint density at radius 2 is 2.19 bits per heavy atom. The lowest BCUT2D eigenvalue weighted by molar-refractivity contribution is 0.102. The van der Waals surface area contributed by atoms with Crippen LogP contribution in [0.4, 0.5) is 5.82 Å². The van der Waals surface area contributed by atoms with Crippen LogP contribution in [0, 0.1) is 13.8 Å². The smallest absolute Gasteiger partial charge is 0.274 e. The van der Waals surface area contributed by atoms with Gasteiger partial charge in [-0.3, -0.25) is 9.89 Å². The van der Waals surface area contributed by atoms with Gasteiger partial charge in [-0.15, -0.1) is 0 Å². The number of aromatic amines is 1. The number of hydrogen-bond donors (Lipinski definition) is 2. The van der Waals surface area contributed by atoms with E-state index in [2.05, 4.69) is 20.5 Å². The number of pyridine rings is 1. The van der Waals surface area contributed by atoms with Crippen LogP contribution in [-0.4, -0.2) is 21.1 Å². The summed E-state index contributed by atoms with van der Waals surface area (Å²) >= 11 is 0. The zero-order valence-electron chi connectivity index (χ0n) is 9.11. The Hall–Kier alpha value is -2.17. The lowest BCUT2D eigenvalue weighted by Gasteiger charge is -2.04. The predicted molar refractivity (Wildman–Crippen MR) is 60.3 cm³/mol. The topological polar surface area (TPSA) is 70.7 Å². The molecule has 0 fully saturated rings. The van der Waals surface area contributed by atoms with E-state index in [9.17, 15) is 4.79 Å². The molecule has 0 aliphatic carbocycles. The highest BCUT2D eigenvalue weighted by atomic mass is 16.2. The second-order valence-electron chi connectivity index (χ2n) is 3.60. The number of hydrogen-bond acceptors (Lipinski definition) is 3. The van der Waals surface area contributed by atoms with Gasteiger partial charge in [0.15, 0.2) is 0 Å². The van der Waals surface area contributed by atoms with Gasteiger partial charge in [-0.25, -0.2) is 4.98 Å². The van der Waals surface area contributed by atoms with Crippen LogP contribution in [0.15, 0.2) is 24.4 Å². The van der Waals surface area contributed by atoms with Crippen LogP contribution >= 0.6 is 0 Å². The summed E-state index contributed by atoms with van der Waals surface area (Å²) in [6, 6.07) is 5.38. The van der Waals surface area contributed by atoms with Crippen LogP contribution in [0.5, 0.6) is 0 Å². The molecule has 2 rings (SSSR count). The molecule has 0 aliphatic rings. The molecule has 0 radical (unpaired) electrons. The van der Waals surface area contributed by atoms with Gasteiger partial charge in [0, 0.05) is 11.9 Å². The molecule has 0 spiro atoms. The van der Waals surface area contributed by atoms with Gasteiger partial charge in [0.05, 0.1) is 0 Å². The van der Waals surface area contributed by atoms with Gasteiger partial charge >= 0.3 is 0 Å². The molecule has 2 heterocycles. The zero-order valence-corrected chi connectivity index (χ0v) is 9.11. The van der Waals surface area contributed by atoms with Crippen LogP contribution in [0.1, 0.15) is 21.7 Å². The monoisotopic (exact) mass is 216 g/mol. The third kappa shape index (κ3) is 2.25. The fraction of sp³-hybridized carbons (Fsp3) is 0.182. The quantitative estimate of drug-likeness (QED) is 0.802. The molecule has 5 nitrogen and oxygen atoms in total. The Kier molecular flexibility index (Phi) is 2.68. The number of rotatable bonds is 2. The molecule has 0 unspecified atom stereocenters. The lowest BCUT2D eigenvalue weighted by Crippen LogP contribution is -2.13. The van der Waals surface area contributed by atoms with E-state index in [1.807, 2.05) is 26.0 Å². The van der Waals surface area contributed by atoms with Crippen molar-refractivity contribution in [2.24, 2.45) is 0 Å². The Balaban J connectivity index is 2.18. The van der Waals surface area contributed by atoms with Crippen molar-refractivity contribution in [2.75, 3.05) is 5.32 Å². The number of aryl methyl sites for hydroxylation is 2. The molecule has 82 valence electrons. The van der Waals surface area contributed by atoms with E-state index in [0.29, 0.717) is 11.5 Å². The average molecular weight is 216 g/mol. The van der Waals surface area contributed by atoms with Crippen LogP contribution in [0.2, 0.25) is 0 Å². The highest BCUT2D eigenvalue weighted by Crippen LogP contribution is 2.09. The number of H-pyrrole nitrogens is 1. The van der Waals surface area contributed by atoms with Gasteiger partial charge in [-0.2, -0.15) is 5.10 Å². The molecular formula is C11H12N4O. The molecule has 1 amide bonds. The summed E-state index contributed by atoms with van der Waals surface area (Å²) in [4.78, 5) is 15.9. The average Bonchev–Trinajstić information content (AvgIpc) is 2.68. The Labute approximate surface area is 92.9 Å². The van der Waals surface area contributed by atoms with E-state index in [-0.39, 0.29) is 5.91 Å². The first-order valence-electron chi connectivity index (χ1n) is 4.91. The summed E-state index contributed by atoms with van der Waals surface area (Å²) < 4.78 is 0. The maximum absolute atomic E-state index is 11.7. The molecule has 5 heteroatoms. The number of anilines is 1. The minimum atomic E-state index is -0.241. The molecule has 0 bridgehead atoms. The zero-order chi connectivity index (χ0) is 11.5. The highest BCUT2D eigenvalue weighted by Gasteiger charge is 2.07. The van der Waals surface area contributed by atoms with E-state index in [1.165, 1.54) is 6.20 Å². The van der Waals surface area contributed by atoms with E-state index in [1.54, 1.807) is 6.07 Å².